The van der Waals surface area contributed by atoms with E-state index in [4.69, 9.17) is 23.2 Å². The number of benzene rings is 1. The van der Waals surface area contributed by atoms with Gasteiger partial charge in [0.2, 0.25) is 5.78 Å². The molecule has 1 heterocycles. The number of aromatic nitrogens is 2. The predicted molar refractivity (Wildman–Crippen MR) is 83.7 cm³/mol. The van der Waals surface area contributed by atoms with E-state index in [1.165, 1.54) is 23.0 Å². The summed E-state index contributed by atoms with van der Waals surface area (Å²) in [5.41, 5.74) is -0.600. The van der Waals surface area contributed by atoms with Crippen LogP contribution in [0, 0.1) is 0 Å². The van der Waals surface area contributed by atoms with Crippen LogP contribution in [0.2, 0.25) is 10.0 Å². The summed E-state index contributed by atoms with van der Waals surface area (Å²) in [6.07, 6.45) is 2.26. The first-order chi connectivity index (χ1) is 10.2. The van der Waals surface area contributed by atoms with Crippen molar-refractivity contribution in [3.63, 3.8) is 0 Å². The topological polar surface area (TPSA) is 89.0 Å². The first kappa shape index (κ1) is 16.8. The summed E-state index contributed by atoms with van der Waals surface area (Å²) >= 11 is 11.9. The van der Waals surface area contributed by atoms with Gasteiger partial charge in [0, 0.05) is 24.6 Å². The molecule has 0 fully saturated rings. The van der Waals surface area contributed by atoms with Crippen molar-refractivity contribution in [3.8, 4) is 0 Å². The average molecular weight is 363 g/mol. The summed E-state index contributed by atoms with van der Waals surface area (Å²) in [4.78, 5) is 24.2. The smallest absolute Gasteiger partial charge is 0.277 e. The molecule has 2 rings (SSSR count). The predicted octanol–water partition coefficient (Wildman–Crippen LogP) is 2.14. The maximum Gasteiger partial charge on any atom is 0.277 e. The monoisotopic (exact) mass is 362 g/mol. The van der Waals surface area contributed by atoms with Crippen LogP contribution in [0.3, 0.4) is 0 Å². The molecular weight excluding hydrogens is 351 g/mol. The first-order valence-corrected chi connectivity index (χ1v) is 8.84. The lowest BCUT2D eigenvalue weighted by atomic mass is 10.1. The van der Waals surface area contributed by atoms with E-state index in [0.29, 0.717) is 6.54 Å². The molecule has 0 aliphatic rings. The largest absolute Gasteiger partial charge is 0.302 e. The fraction of sp³-hybridized carbons (Fsp3) is 0.231. The number of halogens is 2. The van der Waals surface area contributed by atoms with Gasteiger partial charge in [-0.2, -0.15) is 0 Å². The van der Waals surface area contributed by atoms with E-state index in [-0.39, 0.29) is 26.1 Å². The van der Waals surface area contributed by atoms with Crippen LogP contribution in [0.25, 0.3) is 0 Å². The van der Waals surface area contributed by atoms with E-state index >= 15 is 0 Å². The number of carbonyl (C=O) groups is 1. The maximum absolute atomic E-state index is 12.4. The van der Waals surface area contributed by atoms with Gasteiger partial charge in [0.15, 0.2) is 9.84 Å². The summed E-state index contributed by atoms with van der Waals surface area (Å²) in [6.45, 7) is 2.13. The molecule has 1 aromatic heterocycles. The molecule has 0 unspecified atom stereocenters. The zero-order valence-corrected chi connectivity index (χ0v) is 14.0. The second kappa shape index (κ2) is 5.91. The molecule has 1 aromatic carbocycles. The standard InChI is InChI=1S/C13H12Cl2N2O4S/c1-3-17-13(19)8(6-16-17)12(18)7-4-5-9(22(2,20)21)11(15)10(7)14/h4-6,16H,3H2,1-2H3. The molecular formula is C13H12Cl2N2O4S. The molecule has 0 aliphatic carbocycles. The lowest BCUT2D eigenvalue weighted by molar-refractivity contribution is 0.103. The third kappa shape index (κ3) is 2.84. The summed E-state index contributed by atoms with van der Waals surface area (Å²) in [7, 11) is -3.57. The highest BCUT2D eigenvalue weighted by Gasteiger charge is 2.23. The van der Waals surface area contributed by atoms with Crippen molar-refractivity contribution in [3.05, 3.63) is 49.9 Å². The number of H-pyrrole nitrogens is 1. The number of carbonyl (C=O) groups excluding carboxylic acids is 1. The fourth-order valence-corrected chi connectivity index (χ4v) is 3.58. The molecule has 0 bridgehead atoms. The summed E-state index contributed by atoms with van der Waals surface area (Å²) in [5.74, 6) is -0.625. The maximum atomic E-state index is 12.4. The average Bonchev–Trinajstić information content (AvgIpc) is 2.80. The Morgan fingerprint density at radius 2 is 1.86 bits per heavy atom. The Kier molecular flexibility index (Phi) is 4.51. The van der Waals surface area contributed by atoms with E-state index in [0.717, 1.165) is 6.26 Å². The summed E-state index contributed by atoms with van der Waals surface area (Å²) < 4.78 is 24.4. The van der Waals surface area contributed by atoms with E-state index in [1.807, 2.05) is 0 Å². The minimum Gasteiger partial charge on any atom is -0.302 e. The van der Waals surface area contributed by atoms with Crippen molar-refractivity contribution < 1.29 is 13.2 Å². The summed E-state index contributed by atoms with van der Waals surface area (Å²) in [6, 6.07) is 2.44. The number of rotatable bonds is 4. The van der Waals surface area contributed by atoms with Gasteiger partial charge in [0.1, 0.15) is 5.56 Å². The highest BCUT2D eigenvalue weighted by atomic mass is 35.5. The van der Waals surface area contributed by atoms with Gasteiger partial charge in [-0.1, -0.05) is 23.2 Å². The Labute approximate surface area is 136 Å². The van der Waals surface area contributed by atoms with Gasteiger partial charge in [-0.05, 0) is 19.1 Å². The lowest BCUT2D eigenvalue weighted by Crippen LogP contribution is -2.21. The first-order valence-electron chi connectivity index (χ1n) is 6.19. The van der Waals surface area contributed by atoms with Crippen LogP contribution in [0.1, 0.15) is 22.8 Å². The molecule has 2 aromatic rings. The Hall–Kier alpha value is -1.57. The second-order valence-electron chi connectivity index (χ2n) is 4.58. The molecule has 0 amide bonds. The van der Waals surface area contributed by atoms with Crippen LogP contribution >= 0.6 is 23.2 Å². The van der Waals surface area contributed by atoms with Crippen LogP contribution in [0.15, 0.2) is 28.0 Å². The van der Waals surface area contributed by atoms with Gasteiger partial charge in [-0.15, -0.1) is 0 Å². The molecule has 0 spiro atoms. The minimum atomic E-state index is -3.57. The minimum absolute atomic E-state index is 0.0292. The lowest BCUT2D eigenvalue weighted by Gasteiger charge is -2.07. The van der Waals surface area contributed by atoms with E-state index < -0.39 is 21.2 Å². The van der Waals surface area contributed by atoms with Crippen molar-refractivity contribution in [1.82, 2.24) is 9.78 Å². The van der Waals surface area contributed by atoms with Crippen LogP contribution in [-0.2, 0) is 16.4 Å². The molecule has 6 nitrogen and oxygen atoms in total. The second-order valence-corrected chi connectivity index (χ2v) is 7.32. The third-order valence-corrected chi connectivity index (χ3v) is 5.23. The van der Waals surface area contributed by atoms with Crippen LogP contribution in [0.4, 0.5) is 0 Å². The number of nitrogens with zero attached hydrogens (tertiary/aromatic N) is 1. The third-order valence-electron chi connectivity index (χ3n) is 3.09. The van der Waals surface area contributed by atoms with E-state index in [1.54, 1.807) is 6.92 Å². The normalized spacial score (nSPS) is 11.6. The van der Waals surface area contributed by atoms with Gasteiger partial charge in [-0.25, -0.2) is 8.42 Å². The molecule has 0 saturated carbocycles. The molecule has 0 aliphatic heterocycles. The van der Waals surface area contributed by atoms with Crippen molar-refractivity contribution in [2.45, 2.75) is 18.4 Å². The zero-order chi connectivity index (χ0) is 16.7. The molecule has 118 valence electrons. The van der Waals surface area contributed by atoms with Crippen molar-refractivity contribution in [2.24, 2.45) is 0 Å². The highest BCUT2D eigenvalue weighted by molar-refractivity contribution is 7.90. The molecule has 0 atom stereocenters. The van der Waals surface area contributed by atoms with E-state index in [2.05, 4.69) is 5.10 Å². The Balaban J connectivity index is 2.59. The zero-order valence-electron chi connectivity index (χ0n) is 11.7. The quantitative estimate of drug-likeness (QED) is 0.843. The number of aryl methyl sites for hydroxylation is 1. The van der Waals surface area contributed by atoms with Crippen molar-refractivity contribution in [1.29, 1.82) is 0 Å². The molecule has 1 N–H and O–H groups in total. The van der Waals surface area contributed by atoms with Crippen LogP contribution in [-0.4, -0.2) is 30.2 Å². The van der Waals surface area contributed by atoms with Gasteiger partial charge in [0.25, 0.3) is 5.56 Å². The summed E-state index contributed by atoms with van der Waals surface area (Å²) in [5, 5.41) is 2.22. The van der Waals surface area contributed by atoms with Gasteiger partial charge in [-0.3, -0.25) is 14.3 Å². The van der Waals surface area contributed by atoms with Crippen molar-refractivity contribution >= 4 is 38.8 Å². The Morgan fingerprint density at radius 1 is 1.23 bits per heavy atom. The fourth-order valence-electron chi connectivity index (χ4n) is 1.94. The number of aromatic amines is 1. The van der Waals surface area contributed by atoms with Crippen molar-refractivity contribution in [2.75, 3.05) is 6.26 Å². The van der Waals surface area contributed by atoms with Gasteiger partial charge >= 0.3 is 0 Å². The van der Waals surface area contributed by atoms with Gasteiger partial charge in [0.05, 0.1) is 14.9 Å². The van der Waals surface area contributed by atoms with E-state index in [9.17, 15) is 18.0 Å². The Bertz CT molecular complexity index is 913. The molecule has 0 radical (unpaired) electrons. The van der Waals surface area contributed by atoms with Gasteiger partial charge < -0.3 is 5.10 Å². The number of hydrogen-bond acceptors (Lipinski definition) is 4. The number of nitrogens with one attached hydrogen (secondary N) is 1. The highest BCUT2D eigenvalue weighted by Crippen LogP contribution is 2.33. The van der Waals surface area contributed by atoms with Crippen LogP contribution in [0.5, 0.6) is 0 Å². The Morgan fingerprint density at radius 3 is 2.36 bits per heavy atom. The number of ketones is 1. The number of hydrogen-bond donors (Lipinski definition) is 1. The van der Waals surface area contributed by atoms with Crippen LogP contribution < -0.4 is 5.56 Å². The SMILES string of the molecule is CCn1[nH]cc(C(=O)c2ccc(S(C)(=O)=O)c(Cl)c2Cl)c1=O. The molecule has 0 saturated heterocycles. The molecule has 22 heavy (non-hydrogen) atoms. The molecule has 9 heteroatoms. The number of sulfone groups is 1.